The van der Waals surface area contributed by atoms with Gasteiger partial charge >= 0.3 is 0 Å². The van der Waals surface area contributed by atoms with Crippen molar-refractivity contribution in [2.24, 2.45) is 0 Å². The van der Waals surface area contributed by atoms with Crippen molar-refractivity contribution in [2.75, 3.05) is 14.1 Å². The van der Waals surface area contributed by atoms with Crippen LogP contribution in [0.5, 0.6) is 0 Å². The van der Waals surface area contributed by atoms with Gasteiger partial charge in [0.2, 0.25) is 0 Å². The van der Waals surface area contributed by atoms with E-state index in [9.17, 15) is 0 Å². The van der Waals surface area contributed by atoms with E-state index in [-0.39, 0.29) is 6.04 Å². The first-order valence-electron chi connectivity index (χ1n) is 4.69. The molecule has 0 aliphatic heterocycles. The minimum Gasteiger partial charge on any atom is -0.291 e. The van der Waals surface area contributed by atoms with Gasteiger partial charge in [0.15, 0.2) is 0 Å². The molecule has 1 atom stereocenters. The Labute approximate surface area is 85.8 Å². The number of hydrogen-bond acceptors (Lipinski definition) is 2. The molecule has 2 nitrogen and oxygen atoms in total. The standard InChI is InChI=1S/C12H16N2/c1-9-5-6-11(10(2)7-9)12(8-13)14(3)4/h5-7,12H,1-4H3. The van der Waals surface area contributed by atoms with Gasteiger partial charge in [-0.1, -0.05) is 23.8 Å². The van der Waals surface area contributed by atoms with Gasteiger partial charge in [0.1, 0.15) is 6.04 Å². The van der Waals surface area contributed by atoms with Crippen molar-refractivity contribution in [3.63, 3.8) is 0 Å². The van der Waals surface area contributed by atoms with E-state index in [1.54, 1.807) is 0 Å². The van der Waals surface area contributed by atoms with E-state index >= 15 is 0 Å². The minimum absolute atomic E-state index is 0.143. The first-order chi connectivity index (χ1) is 6.56. The smallest absolute Gasteiger partial charge is 0.123 e. The molecule has 0 spiro atoms. The maximum absolute atomic E-state index is 9.05. The van der Waals surface area contributed by atoms with Crippen molar-refractivity contribution >= 4 is 0 Å². The summed E-state index contributed by atoms with van der Waals surface area (Å²) in [5, 5.41) is 9.05. The lowest BCUT2D eigenvalue weighted by molar-refractivity contribution is 0.357. The largest absolute Gasteiger partial charge is 0.291 e. The Morgan fingerprint density at radius 2 is 1.93 bits per heavy atom. The third kappa shape index (κ3) is 2.12. The normalized spacial score (nSPS) is 12.6. The molecule has 0 bridgehead atoms. The Balaban J connectivity index is 3.13. The van der Waals surface area contributed by atoms with Gasteiger partial charge in [-0.05, 0) is 39.1 Å². The van der Waals surface area contributed by atoms with Crippen molar-refractivity contribution in [3.8, 4) is 6.07 Å². The van der Waals surface area contributed by atoms with E-state index in [0.29, 0.717) is 0 Å². The number of aryl methyl sites for hydroxylation is 2. The molecule has 14 heavy (non-hydrogen) atoms. The van der Waals surface area contributed by atoms with Gasteiger partial charge in [-0.2, -0.15) is 5.26 Å². The van der Waals surface area contributed by atoms with Gasteiger partial charge in [-0.15, -0.1) is 0 Å². The van der Waals surface area contributed by atoms with Crippen molar-refractivity contribution in [1.82, 2.24) is 4.90 Å². The molecule has 2 heteroatoms. The van der Waals surface area contributed by atoms with Crippen LogP contribution < -0.4 is 0 Å². The summed E-state index contributed by atoms with van der Waals surface area (Å²) in [6.07, 6.45) is 0. The molecule has 1 aromatic carbocycles. The molecule has 0 radical (unpaired) electrons. The third-order valence-electron chi connectivity index (χ3n) is 2.36. The maximum Gasteiger partial charge on any atom is 0.123 e. The molecule has 1 rings (SSSR count). The molecule has 0 saturated carbocycles. The Kier molecular flexibility index (Phi) is 3.27. The SMILES string of the molecule is Cc1ccc(C(C#N)N(C)C)c(C)c1. The van der Waals surface area contributed by atoms with Crippen LogP contribution in [0.4, 0.5) is 0 Å². The molecule has 74 valence electrons. The van der Waals surface area contributed by atoms with Gasteiger partial charge in [0.05, 0.1) is 6.07 Å². The number of nitrogens with zero attached hydrogens (tertiary/aromatic N) is 2. The molecule has 0 amide bonds. The summed E-state index contributed by atoms with van der Waals surface area (Å²) >= 11 is 0. The first kappa shape index (κ1) is 10.7. The number of benzene rings is 1. The fourth-order valence-corrected chi connectivity index (χ4v) is 1.60. The Hall–Kier alpha value is -1.33. The molecule has 1 aromatic rings. The van der Waals surface area contributed by atoms with E-state index < -0.39 is 0 Å². The Morgan fingerprint density at radius 1 is 1.29 bits per heavy atom. The van der Waals surface area contributed by atoms with E-state index in [2.05, 4.69) is 32.0 Å². The quantitative estimate of drug-likeness (QED) is 0.712. The lowest BCUT2D eigenvalue weighted by atomic mass is 9.99. The Morgan fingerprint density at radius 3 is 2.36 bits per heavy atom. The van der Waals surface area contributed by atoms with Crippen LogP contribution in [0.25, 0.3) is 0 Å². The fraction of sp³-hybridized carbons (Fsp3) is 0.417. The maximum atomic E-state index is 9.05. The zero-order valence-corrected chi connectivity index (χ0v) is 9.20. The zero-order chi connectivity index (χ0) is 10.7. The molecule has 0 aromatic heterocycles. The van der Waals surface area contributed by atoms with Crippen LogP contribution in [0, 0.1) is 25.2 Å². The second-order valence-corrected chi connectivity index (χ2v) is 3.86. The second-order valence-electron chi connectivity index (χ2n) is 3.86. The summed E-state index contributed by atoms with van der Waals surface area (Å²) in [5.74, 6) is 0. The van der Waals surface area contributed by atoms with Gasteiger partial charge in [-0.3, -0.25) is 4.90 Å². The molecular weight excluding hydrogens is 172 g/mol. The van der Waals surface area contributed by atoms with Gasteiger partial charge in [0.25, 0.3) is 0 Å². The molecule has 0 N–H and O–H groups in total. The number of rotatable bonds is 2. The number of nitriles is 1. The molecule has 0 heterocycles. The predicted molar refractivity (Wildman–Crippen MR) is 58.0 cm³/mol. The topological polar surface area (TPSA) is 27.0 Å². The van der Waals surface area contributed by atoms with E-state index in [1.807, 2.05) is 25.1 Å². The van der Waals surface area contributed by atoms with Crippen molar-refractivity contribution in [2.45, 2.75) is 19.9 Å². The molecule has 1 unspecified atom stereocenters. The fourth-order valence-electron chi connectivity index (χ4n) is 1.60. The number of hydrogen-bond donors (Lipinski definition) is 0. The second kappa shape index (κ2) is 4.26. The van der Waals surface area contributed by atoms with E-state index in [0.717, 1.165) is 5.56 Å². The van der Waals surface area contributed by atoms with Crippen LogP contribution in [-0.4, -0.2) is 19.0 Å². The highest BCUT2D eigenvalue weighted by molar-refractivity contribution is 5.35. The molecule has 0 fully saturated rings. The van der Waals surface area contributed by atoms with Crippen LogP contribution in [0.3, 0.4) is 0 Å². The highest BCUT2D eigenvalue weighted by atomic mass is 15.1. The predicted octanol–water partition coefficient (Wildman–Crippen LogP) is 2.43. The van der Waals surface area contributed by atoms with Crippen molar-refractivity contribution < 1.29 is 0 Å². The van der Waals surface area contributed by atoms with Crippen molar-refractivity contribution in [3.05, 3.63) is 34.9 Å². The highest BCUT2D eigenvalue weighted by Crippen LogP contribution is 2.21. The lowest BCUT2D eigenvalue weighted by Gasteiger charge is -2.19. The van der Waals surface area contributed by atoms with E-state index in [1.165, 1.54) is 11.1 Å². The average molecular weight is 188 g/mol. The summed E-state index contributed by atoms with van der Waals surface area (Å²) in [6, 6.07) is 8.37. The summed E-state index contributed by atoms with van der Waals surface area (Å²) in [5.41, 5.74) is 3.52. The molecule has 0 aliphatic rings. The minimum atomic E-state index is -0.143. The van der Waals surface area contributed by atoms with Crippen LogP contribution in [0.1, 0.15) is 22.7 Å². The van der Waals surface area contributed by atoms with Gasteiger partial charge in [-0.25, -0.2) is 0 Å². The third-order valence-corrected chi connectivity index (χ3v) is 2.36. The monoisotopic (exact) mass is 188 g/mol. The van der Waals surface area contributed by atoms with Crippen LogP contribution >= 0.6 is 0 Å². The average Bonchev–Trinajstić information content (AvgIpc) is 2.09. The van der Waals surface area contributed by atoms with Gasteiger partial charge in [0, 0.05) is 0 Å². The molecule has 0 aliphatic carbocycles. The summed E-state index contributed by atoms with van der Waals surface area (Å²) in [6.45, 7) is 4.12. The van der Waals surface area contributed by atoms with E-state index in [4.69, 9.17) is 5.26 Å². The highest BCUT2D eigenvalue weighted by Gasteiger charge is 2.14. The summed E-state index contributed by atoms with van der Waals surface area (Å²) in [7, 11) is 3.85. The van der Waals surface area contributed by atoms with Crippen LogP contribution in [0.2, 0.25) is 0 Å². The first-order valence-corrected chi connectivity index (χ1v) is 4.69. The zero-order valence-electron chi connectivity index (χ0n) is 9.20. The van der Waals surface area contributed by atoms with Crippen LogP contribution in [0.15, 0.2) is 18.2 Å². The molecular formula is C12H16N2. The lowest BCUT2D eigenvalue weighted by Crippen LogP contribution is -2.19. The summed E-state index contributed by atoms with van der Waals surface area (Å²) < 4.78 is 0. The molecule has 0 saturated heterocycles. The van der Waals surface area contributed by atoms with Gasteiger partial charge < -0.3 is 0 Å². The Bertz CT molecular complexity index is 361. The van der Waals surface area contributed by atoms with Crippen molar-refractivity contribution in [1.29, 1.82) is 5.26 Å². The summed E-state index contributed by atoms with van der Waals surface area (Å²) in [4.78, 5) is 1.93. The van der Waals surface area contributed by atoms with Crippen LogP contribution in [-0.2, 0) is 0 Å².